The van der Waals surface area contributed by atoms with E-state index in [9.17, 15) is 5.11 Å². The molecular weight excluding hydrogens is 290 g/mol. The molecular formula is C15H16ClN3O2. The van der Waals surface area contributed by atoms with E-state index in [1.54, 1.807) is 19.5 Å². The second-order valence-corrected chi connectivity index (χ2v) is 5.47. The number of rotatable bonds is 3. The number of aliphatic hydroxyl groups excluding tert-OH is 1. The van der Waals surface area contributed by atoms with Gasteiger partial charge in [-0.05, 0) is 24.1 Å². The molecule has 0 radical (unpaired) electrons. The first-order valence-corrected chi connectivity index (χ1v) is 7.11. The van der Waals surface area contributed by atoms with E-state index in [1.807, 2.05) is 29.2 Å². The van der Waals surface area contributed by atoms with Gasteiger partial charge < -0.3 is 14.7 Å². The van der Waals surface area contributed by atoms with Crippen molar-refractivity contribution in [2.45, 2.75) is 18.6 Å². The molecule has 0 amide bonds. The monoisotopic (exact) mass is 305 g/mol. The fourth-order valence-corrected chi connectivity index (χ4v) is 2.75. The second kappa shape index (κ2) is 5.87. The molecule has 5 nitrogen and oxygen atoms in total. The van der Waals surface area contributed by atoms with Crippen molar-refractivity contribution in [1.82, 2.24) is 9.97 Å². The van der Waals surface area contributed by atoms with Crippen LogP contribution >= 0.6 is 11.6 Å². The van der Waals surface area contributed by atoms with Crippen molar-refractivity contribution in [2.24, 2.45) is 0 Å². The topological polar surface area (TPSA) is 58.5 Å². The molecule has 1 fully saturated rings. The van der Waals surface area contributed by atoms with Crippen LogP contribution in [0.5, 0.6) is 5.75 Å². The van der Waals surface area contributed by atoms with Gasteiger partial charge >= 0.3 is 0 Å². The smallest absolute Gasteiger partial charge is 0.225 e. The lowest BCUT2D eigenvalue weighted by Gasteiger charge is -2.24. The minimum absolute atomic E-state index is 0.0243. The molecule has 1 saturated heterocycles. The average molecular weight is 306 g/mol. The zero-order chi connectivity index (χ0) is 14.8. The first kappa shape index (κ1) is 14.1. The Bertz CT molecular complexity index is 621. The zero-order valence-corrected chi connectivity index (χ0v) is 12.4. The van der Waals surface area contributed by atoms with Crippen LogP contribution < -0.4 is 9.64 Å². The molecule has 1 aromatic heterocycles. The van der Waals surface area contributed by atoms with Crippen LogP contribution in [0.3, 0.4) is 0 Å². The quantitative estimate of drug-likeness (QED) is 0.944. The molecule has 0 bridgehead atoms. The molecule has 2 atom stereocenters. The van der Waals surface area contributed by atoms with Crippen molar-refractivity contribution in [3.05, 3.63) is 47.2 Å². The average Bonchev–Trinajstić information content (AvgIpc) is 2.90. The first-order chi connectivity index (χ1) is 10.2. The van der Waals surface area contributed by atoms with E-state index in [4.69, 9.17) is 16.3 Å². The number of β-amino-alcohol motifs (C(OH)–C–C–N with tert-alkyl or cyclic N) is 1. The molecule has 0 unspecified atom stereocenters. The Morgan fingerprint density at radius 2 is 2.10 bits per heavy atom. The second-order valence-electron chi connectivity index (χ2n) is 5.04. The van der Waals surface area contributed by atoms with Gasteiger partial charge in [-0.2, -0.15) is 0 Å². The third kappa shape index (κ3) is 2.94. The number of nitrogens with zero attached hydrogens (tertiary/aromatic N) is 3. The molecule has 3 rings (SSSR count). The molecule has 2 aromatic rings. The Hall–Kier alpha value is -1.85. The predicted molar refractivity (Wildman–Crippen MR) is 80.7 cm³/mol. The highest BCUT2D eigenvalue weighted by Crippen LogP contribution is 2.35. The van der Waals surface area contributed by atoms with Crippen molar-refractivity contribution in [2.75, 3.05) is 18.6 Å². The summed E-state index contributed by atoms with van der Waals surface area (Å²) in [5.74, 6) is 1.37. The van der Waals surface area contributed by atoms with Crippen molar-refractivity contribution in [1.29, 1.82) is 0 Å². The standard InChI is InChI=1S/C15H16ClN3O2/c1-21-13-4-2-3-10(5-13)14-6-12(20)9-19(14)15-17-7-11(16)8-18-15/h2-5,7-8,12,14,20H,6,9H2,1H3/t12-,14-/m0/s1. The van der Waals surface area contributed by atoms with Crippen LogP contribution in [-0.2, 0) is 0 Å². The summed E-state index contributed by atoms with van der Waals surface area (Å²) in [5, 5.41) is 10.5. The summed E-state index contributed by atoms with van der Waals surface area (Å²) in [6, 6.07) is 7.87. The number of ether oxygens (including phenoxy) is 1. The van der Waals surface area contributed by atoms with Gasteiger partial charge in [0.25, 0.3) is 0 Å². The first-order valence-electron chi connectivity index (χ1n) is 6.73. The Kier molecular flexibility index (Phi) is 3.94. The van der Waals surface area contributed by atoms with Crippen LogP contribution in [-0.4, -0.2) is 34.8 Å². The number of aliphatic hydroxyl groups is 1. The fourth-order valence-electron chi connectivity index (χ4n) is 2.65. The summed E-state index contributed by atoms with van der Waals surface area (Å²) in [4.78, 5) is 10.5. The van der Waals surface area contributed by atoms with Gasteiger partial charge in [0, 0.05) is 6.54 Å². The summed E-state index contributed by atoms with van der Waals surface area (Å²) in [5.41, 5.74) is 1.07. The van der Waals surface area contributed by atoms with E-state index in [0.717, 1.165) is 11.3 Å². The van der Waals surface area contributed by atoms with E-state index in [1.165, 1.54) is 0 Å². The maximum absolute atomic E-state index is 10.0. The van der Waals surface area contributed by atoms with Gasteiger partial charge in [0.05, 0.1) is 36.7 Å². The third-order valence-corrected chi connectivity index (χ3v) is 3.82. The van der Waals surface area contributed by atoms with Crippen LogP contribution in [0.1, 0.15) is 18.0 Å². The highest BCUT2D eigenvalue weighted by atomic mass is 35.5. The van der Waals surface area contributed by atoms with Crippen molar-refractivity contribution >= 4 is 17.5 Å². The van der Waals surface area contributed by atoms with Crippen LogP contribution in [0.4, 0.5) is 5.95 Å². The van der Waals surface area contributed by atoms with Gasteiger partial charge in [0.15, 0.2) is 0 Å². The molecule has 110 valence electrons. The summed E-state index contributed by atoms with van der Waals surface area (Å²) in [6.07, 6.45) is 3.37. The van der Waals surface area contributed by atoms with Crippen LogP contribution in [0.2, 0.25) is 5.02 Å². The van der Waals surface area contributed by atoms with Gasteiger partial charge in [0.1, 0.15) is 5.75 Å². The minimum Gasteiger partial charge on any atom is -0.497 e. The van der Waals surface area contributed by atoms with Crippen LogP contribution in [0, 0.1) is 0 Å². The molecule has 6 heteroatoms. The van der Waals surface area contributed by atoms with Gasteiger partial charge in [0.2, 0.25) is 5.95 Å². The highest BCUT2D eigenvalue weighted by Gasteiger charge is 2.33. The number of benzene rings is 1. The molecule has 1 N–H and O–H groups in total. The van der Waals surface area contributed by atoms with Crippen molar-refractivity contribution in [3.8, 4) is 5.75 Å². The largest absolute Gasteiger partial charge is 0.497 e. The minimum atomic E-state index is -0.402. The molecule has 2 heterocycles. The molecule has 0 saturated carbocycles. The number of methoxy groups -OCH3 is 1. The highest BCUT2D eigenvalue weighted by molar-refractivity contribution is 6.30. The summed E-state index contributed by atoms with van der Waals surface area (Å²) in [7, 11) is 1.64. The van der Waals surface area contributed by atoms with E-state index < -0.39 is 6.10 Å². The number of anilines is 1. The van der Waals surface area contributed by atoms with Crippen LogP contribution in [0.25, 0.3) is 0 Å². The lowest BCUT2D eigenvalue weighted by atomic mass is 10.0. The maximum atomic E-state index is 10.0. The van der Waals surface area contributed by atoms with Gasteiger partial charge in [-0.25, -0.2) is 9.97 Å². The van der Waals surface area contributed by atoms with Gasteiger partial charge in [-0.3, -0.25) is 0 Å². The number of hydrogen-bond acceptors (Lipinski definition) is 5. The molecule has 0 aliphatic carbocycles. The lowest BCUT2D eigenvalue weighted by molar-refractivity contribution is 0.194. The fraction of sp³-hybridized carbons (Fsp3) is 0.333. The normalized spacial score (nSPS) is 21.6. The van der Waals surface area contributed by atoms with E-state index >= 15 is 0 Å². The maximum Gasteiger partial charge on any atom is 0.225 e. The van der Waals surface area contributed by atoms with Crippen molar-refractivity contribution < 1.29 is 9.84 Å². The molecule has 0 spiro atoms. The third-order valence-electron chi connectivity index (χ3n) is 3.62. The summed E-state index contributed by atoms with van der Waals surface area (Å²) >= 11 is 5.83. The van der Waals surface area contributed by atoms with Crippen LogP contribution in [0.15, 0.2) is 36.7 Å². The molecule has 1 aliphatic rings. The predicted octanol–water partition coefficient (Wildman–Crippen LogP) is 2.45. The zero-order valence-electron chi connectivity index (χ0n) is 11.6. The number of aromatic nitrogens is 2. The van der Waals surface area contributed by atoms with Gasteiger partial charge in [-0.1, -0.05) is 23.7 Å². The summed E-state index contributed by atoms with van der Waals surface area (Å²) in [6.45, 7) is 0.503. The van der Waals surface area contributed by atoms with Gasteiger partial charge in [-0.15, -0.1) is 0 Å². The Morgan fingerprint density at radius 1 is 1.33 bits per heavy atom. The molecule has 1 aromatic carbocycles. The van der Waals surface area contributed by atoms with Crippen molar-refractivity contribution in [3.63, 3.8) is 0 Å². The molecule has 1 aliphatic heterocycles. The Labute approximate surface area is 128 Å². The van der Waals surface area contributed by atoms with E-state index in [0.29, 0.717) is 23.9 Å². The Morgan fingerprint density at radius 3 is 2.81 bits per heavy atom. The SMILES string of the molecule is COc1cccc([C@@H]2C[C@H](O)CN2c2ncc(Cl)cn2)c1. The van der Waals surface area contributed by atoms with E-state index in [2.05, 4.69) is 9.97 Å². The Balaban J connectivity index is 1.93. The van der Waals surface area contributed by atoms with E-state index in [-0.39, 0.29) is 6.04 Å². The summed E-state index contributed by atoms with van der Waals surface area (Å²) < 4.78 is 5.27. The number of hydrogen-bond donors (Lipinski definition) is 1. The number of halogens is 1. The lowest BCUT2D eigenvalue weighted by Crippen LogP contribution is -2.26. The molecule has 21 heavy (non-hydrogen) atoms.